The molecule has 2 N–H and O–H groups in total. The first kappa shape index (κ1) is 17.6. The van der Waals surface area contributed by atoms with E-state index in [2.05, 4.69) is 21.3 Å². The van der Waals surface area contributed by atoms with E-state index in [4.69, 9.17) is 4.42 Å². The van der Waals surface area contributed by atoms with Crippen LogP contribution in [0.25, 0.3) is 10.9 Å². The molecule has 1 atom stereocenters. The molecule has 1 aliphatic heterocycles. The average molecular weight is 377 g/mol. The van der Waals surface area contributed by atoms with Crippen LogP contribution in [-0.2, 0) is 12.8 Å². The molecule has 28 heavy (non-hydrogen) atoms. The van der Waals surface area contributed by atoms with Gasteiger partial charge in [-0.2, -0.15) is 0 Å². The molecule has 0 unspecified atom stereocenters. The monoisotopic (exact) mass is 377 g/mol. The van der Waals surface area contributed by atoms with Crippen LogP contribution in [-0.4, -0.2) is 35.4 Å². The van der Waals surface area contributed by atoms with E-state index in [9.17, 15) is 4.79 Å². The second-order valence-electron chi connectivity index (χ2n) is 8.03. The fourth-order valence-electron chi connectivity index (χ4n) is 4.78. The molecule has 5 rings (SSSR count). The molecular weight excluding hydrogens is 350 g/mol. The lowest BCUT2D eigenvalue weighted by atomic mass is 9.95. The van der Waals surface area contributed by atoms with E-state index in [0.29, 0.717) is 6.54 Å². The summed E-state index contributed by atoms with van der Waals surface area (Å²) < 4.78 is 5.66. The van der Waals surface area contributed by atoms with Crippen LogP contribution in [0.1, 0.15) is 59.1 Å². The highest BCUT2D eigenvalue weighted by molar-refractivity contribution is 5.99. The Morgan fingerprint density at radius 3 is 2.82 bits per heavy atom. The van der Waals surface area contributed by atoms with Crippen molar-refractivity contribution in [2.75, 3.05) is 19.6 Å². The summed E-state index contributed by atoms with van der Waals surface area (Å²) in [5, 5.41) is 4.36. The highest BCUT2D eigenvalue weighted by Crippen LogP contribution is 2.30. The van der Waals surface area contributed by atoms with Crippen molar-refractivity contribution in [3.05, 3.63) is 59.2 Å². The summed E-state index contributed by atoms with van der Waals surface area (Å²) in [6.45, 7) is 2.68. The summed E-state index contributed by atoms with van der Waals surface area (Å²) in [5.41, 5.74) is 4.64. The average Bonchev–Trinajstić information content (AvgIpc) is 3.48. The topological polar surface area (TPSA) is 61.3 Å². The smallest absolute Gasteiger partial charge is 0.251 e. The van der Waals surface area contributed by atoms with E-state index in [1.54, 1.807) is 6.26 Å². The number of likely N-dealkylation sites (tertiary alicyclic amines) is 1. The zero-order chi connectivity index (χ0) is 18.9. The Kier molecular flexibility index (Phi) is 4.69. The van der Waals surface area contributed by atoms with Crippen molar-refractivity contribution in [1.29, 1.82) is 0 Å². The Labute approximate surface area is 165 Å². The lowest BCUT2D eigenvalue weighted by molar-refractivity contribution is 0.0934. The van der Waals surface area contributed by atoms with Gasteiger partial charge in [-0.25, -0.2) is 0 Å². The molecule has 0 radical (unpaired) electrons. The Hall–Kier alpha value is -2.53. The standard InChI is InChI=1S/C23H27N3O2/c27-23(24-15-21(22-8-5-13-28-22)26-11-3-4-12-26)16-9-10-20-18(14-16)17-6-1-2-7-19(17)25-20/h5,8-10,13-14,21,25H,1-4,6-7,11-12,15H2,(H,24,27)/t21-/m1/s1. The minimum atomic E-state index is -0.0107. The van der Waals surface area contributed by atoms with Crippen molar-refractivity contribution in [2.45, 2.75) is 44.6 Å². The number of H-pyrrole nitrogens is 1. The second-order valence-corrected chi connectivity index (χ2v) is 8.03. The minimum absolute atomic E-state index is 0.0107. The van der Waals surface area contributed by atoms with Crippen molar-refractivity contribution >= 4 is 16.8 Å². The Balaban J connectivity index is 1.34. The van der Waals surface area contributed by atoms with E-state index < -0.39 is 0 Å². The van der Waals surface area contributed by atoms with Gasteiger partial charge in [-0.3, -0.25) is 9.69 Å². The molecule has 1 saturated heterocycles. The predicted molar refractivity (Wildman–Crippen MR) is 110 cm³/mol. The number of aromatic nitrogens is 1. The number of aryl methyl sites for hydroxylation is 2. The Bertz CT molecular complexity index is 967. The molecule has 2 aromatic heterocycles. The van der Waals surface area contributed by atoms with Crippen LogP contribution in [0, 0.1) is 0 Å². The van der Waals surface area contributed by atoms with E-state index in [1.165, 1.54) is 42.3 Å². The van der Waals surface area contributed by atoms with Gasteiger partial charge in [-0.05, 0) is 87.5 Å². The Morgan fingerprint density at radius 1 is 1.14 bits per heavy atom. The summed E-state index contributed by atoms with van der Waals surface area (Å²) in [6.07, 6.45) is 8.83. The number of amides is 1. The first-order chi connectivity index (χ1) is 13.8. The van der Waals surface area contributed by atoms with E-state index in [-0.39, 0.29) is 11.9 Å². The minimum Gasteiger partial charge on any atom is -0.468 e. The van der Waals surface area contributed by atoms with Gasteiger partial charge in [0, 0.05) is 28.7 Å². The molecule has 146 valence electrons. The zero-order valence-corrected chi connectivity index (χ0v) is 16.2. The van der Waals surface area contributed by atoms with Gasteiger partial charge in [0.1, 0.15) is 5.76 Å². The number of carbonyl (C=O) groups excluding carboxylic acids is 1. The normalized spacial score (nSPS) is 18.3. The van der Waals surface area contributed by atoms with Crippen LogP contribution in [0.5, 0.6) is 0 Å². The molecule has 1 amide bonds. The Morgan fingerprint density at radius 2 is 2.00 bits per heavy atom. The van der Waals surface area contributed by atoms with E-state index in [1.807, 2.05) is 24.3 Å². The molecule has 0 saturated carbocycles. The maximum Gasteiger partial charge on any atom is 0.251 e. The van der Waals surface area contributed by atoms with Gasteiger partial charge >= 0.3 is 0 Å². The fraction of sp³-hybridized carbons (Fsp3) is 0.435. The van der Waals surface area contributed by atoms with Gasteiger partial charge in [0.25, 0.3) is 5.91 Å². The van der Waals surface area contributed by atoms with Crippen molar-refractivity contribution in [2.24, 2.45) is 0 Å². The maximum atomic E-state index is 12.9. The van der Waals surface area contributed by atoms with Gasteiger partial charge in [0.2, 0.25) is 0 Å². The van der Waals surface area contributed by atoms with E-state index >= 15 is 0 Å². The zero-order valence-electron chi connectivity index (χ0n) is 16.2. The molecule has 2 aliphatic rings. The van der Waals surface area contributed by atoms with Gasteiger partial charge in [-0.15, -0.1) is 0 Å². The maximum absolute atomic E-state index is 12.9. The number of nitrogens with one attached hydrogen (secondary N) is 2. The molecule has 0 spiro atoms. The molecule has 5 heteroatoms. The third-order valence-electron chi connectivity index (χ3n) is 6.27. The molecule has 5 nitrogen and oxygen atoms in total. The largest absolute Gasteiger partial charge is 0.468 e. The molecule has 3 aromatic rings. The molecule has 3 heterocycles. The van der Waals surface area contributed by atoms with Crippen LogP contribution in [0.2, 0.25) is 0 Å². The van der Waals surface area contributed by atoms with Crippen LogP contribution in [0.3, 0.4) is 0 Å². The predicted octanol–water partition coefficient (Wildman–Crippen LogP) is 4.21. The number of benzene rings is 1. The van der Waals surface area contributed by atoms with Crippen LogP contribution < -0.4 is 5.32 Å². The summed E-state index contributed by atoms with van der Waals surface area (Å²) >= 11 is 0. The fourth-order valence-corrected chi connectivity index (χ4v) is 4.78. The third kappa shape index (κ3) is 3.24. The van der Waals surface area contributed by atoms with Gasteiger partial charge in [0.15, 0.2) is 0 Å². The lowest BCUT2D eigenvalue weighted by Crippen LogP contribution is -2.36. The van der Waals surface area contributed by atoms with Crippen molar-refractivity contribution in [3.8, 4) is 0 Å². The number of rotatable bonds is 5. The van der Waals surface area contributed by atoms with Crippen LogP contribution in [0.4, 0.5) is 0 Å². The van der Waals surface area contributed by atoms with Crippen molar-refractivity contribution in [3.63, 3.8) is 0 Å². The number of furan rings is 1. The number of aromatic amines is 1. The first-order valence-electron chi connectivity index (χ1n) is 10.5. The highest BCUT2D eigenvalue weighted by atomic mass is 16.3. The quantitative estimate of drug-likeness (QED) is 0.700. The summed E-state index contributed by atoms with van der Waals surface area (Å²) in [6, 6.07) is 10.1. The highest BCUT2D eigenvalue weighted by Gasteiger charge is 2.26. The number of carbonyl (C=O) groups is 1. The van der Waals surface area contributed by atoms with Gasteiger partial charge in [-0.1, -0.05) is 0 Å². The van der Waals surface area contributed by atoms with E-state index in [0.717, 1.165) is 42.8 Å². The van der Waals surface area contributed by atoms with Crippen LogP contribution in [0.15, 0.2) is 41.0 Å². The number of hydrogen-bond acceptors (Lipinski definition) is 3. The number of nitrogens with zero attached hydrogens (tertiary/aromatic N) is 1. The summed E-state index contributed by atoms with van der Waals surface area (Å²) in [5.74, 6) is 0.917. The second kappa shape index (κ2) is 7.47. The summed E-state index contributed by atoms with van der Waals surface area (Å²) in [7, 11) is 0. The third-order valence-corrected chi connectivity index (χ3v) is 6.27. The molecule has 0 bridgehead atoms. The first-order valence-corrected chi connectivity index (χ1v) is 10.5. The van der Waals surface area contributed by atoms with Gasteiger partial charge in [0.05, 0.1) is 12.3 Å². The molecule has 1 aromatic carbocycles. The lowest BCUT2D eigenvalue weighted by Gasteiger charge is -2.26. The van der Waals surface area contributed by atoms with Crippen molar-refractivity contribution < 1.29 is 9.21 Å². The summed E-state index contributed by atoms with van der Waals surface area (Å²) in [4.78, 5) is 18.8. The van der Waals surface area contributed by atoms with Crippen molar-refractivity contribution in [1.82, 2.24) is 15.2 Å². The molecular formula is C23H27N3O2. The SMILES string of the molecule is O=C(NC[C@H](c1ccco1)N1CCCC1)c1ccc2[nH]c3c(c2c1)CCCC3. The van der Waals surface area contributed by atoms with Gasteiger partial charge < -0.3 is 14.7 Å². The number of fused-ring (bicyclic) bond motifs is 3. The molecule has 1 fully saturated rings. The number of hydrogen-bond donors (Lipinski definition) is 2. The molecule has 1 aliphatic carbocycles. The van der Waals surface area contributed by atoms with Crippen LogP contribution >= 0.6 is 0 Å².